The third-order valence-electron chi connectivity index (χ3n) is 1.80. The van der Waals surface area contributed by atoms with Crippen molar-refractivity contribution >= 4 is 45.8 Å². The fourth-order valence-electron chi connectivity index (χ4n) is 1.24. The molecule has 0 aliphatic carbocycles. The van der Waals surface area contributed by atoms with E-state index in [4.69, 9.17) is 0 Å². The number of fused-ring (bicyclic) bond motifs is 3. The van der Waals surface area contributed by atoms with Gasteiger partial charge in [-0.2, -0.15) is 0 Å². The Bertz CT molecular complexity index is 490. The molecule has 2 heterocycles. The molecular formula is C8H4N2SSe. The quantitative estimate of drug-likeness (QED) is 0.560. The average molecular weight is 239 g/mol. The summed E-state index contributed by atoms with van der Waals surface area (Å²) in [7, 11) is 0. The third-order valence-corrected chi connectivity index (χ3v) is 4.75. The van der Waals surface area contributed by atoms with Crippen molar-refractivity contribution in [2.45, 2.75) is 0 Å². The molecule has 0 aliphatic rings. The predicted molar refractivity (Wildman–Crippen MR) is 51.9 cm³/mol. The second-order valence-electron chi connectivity index (χ2n) is 2.47. The molecule has 0 saturated carbocycles. The molecule has 3 aromatic rings. The van der Waals surface area contributed by atoms with Gasteiger partial charge in [0.2, 0.25) is 0 Å². The van der Waals surface area contributed by atoms with Crippen LogP contribution in [0.25, 0.3) is 20.0 Å². The maximum atomic E-state index is 4.31. The molecule has 12 heavy (non-hydrogen) atoms. The van der Waals surface area contributed by atoms with Gasteiger partial charge in [-0.05, 0) is 0 Å². The number of nitrogens with zero attached hydrogens (tertiary/aromatic N) is 2. The summed E-state index contributed by atoms with van der Waals surface area (Å²) in [5, 5.41) is 2.02. The van der Waals surface area contributed by atoms with E-state index in [2.05, 4.69) is 16.0 Å². The molecule has 0 aliphatic heterocycles. The van der Waals surface area contributed by atoms with Crippen LogP contribution in [0.5, 0.6) is 0 Å². The summed E-state index contributed by atoms with van der Waals surface area (Å²) in [6, 6.07) is 4.10. The van der Waals surface area contributed by atoms with Crippen LogP contribution >= 0.6 is 11.3 Å². The first kappa shape index (κ1) is 6.78. The summed E-state index contributed by atoms with van der Waals surface area (Å²) in [6.45, 7) is 0. The molecule has 0 atom stereocenters. The first-order valence-electron chi connectivity index (χ1n) is 3.50. The monoisotopic (exact) mass is 240 g/mol. The van der Waals surface area contributed by atoms with Crippen LogP contribution < -0.4 is 0 Å². The third kappa shape index (κ3) is 0.800. The van der Waals surface area contributed by atoms with Gasteiger partial charge in [-0.25, -0.2) is 0 Å². The average Bonchev–Trinajstić information content (AvgIpc) is 2.71. The molecule has 0 saturated heterocycles. The molecule has 3 rings (SSSR count). The number of thiazole rings is 1. The van der Waals surface area contributed by atoms with E-state index in [-0.39, 0.29) is 0 Å². The summed E-state index contributed by atoms with van der Waals surface area (Å²) in [5.41, 5.74) is 4.16. The van der Waals surface area contributed by atoms with E-state index in [1.54, 1.807) is 11.3 Å². The van der Waals surface area contributed by atoms with E-state index in [1.807, 2.05) is 16.6 Å². The van der Waals surface area contributed by atoms with Crippen LogP contribution in [-0.4, -0.2) is 24.5 Å². The normalized spacial score (nSPS) is 11.3. The molecule has 2 aromatic heterocycles. The molecule has 4 heteroatoms. The van der Waals surface area contributed by atoms with Crippen LogP contribution in [0, 0.1) is 0 Å². The fourth-order valence-corrected chi connectivity index (χ4v) is 4.04. The summed E-state index contributed by atoms with van der Waals surface area (Å²) >= 11 is 2.15. The number of hydrogen-bond acceptors (Lipinski definition) is 3. The topological polar surface area (TPSA) is 25.8 Å². The molecule has 0 radical (unpaired) electrons. The van der Waals surface area contributed by atoms with Gasteiger partial charge in [0.15, 0.2) is 0 Å². The predicted octanol–water partition coefficient (Wildman–Crippen LogP) is 1.90. The molecule has 58 valence electrons. The number of hydrogen-bond donors (Lipinski definition) is 0. The van der Waals surface area contributed by atoms with Crippen molar-refractivity contribution in [3.05, 3.63) is 22.7 Å². The van der Waals surface area contributed by atoms with Crippen molar-refractivity contribution in [2.75, 3.05) is 0 Å². The van der Waals surface area contributed by atoms with Gasteiger partial charge in [0, 0.05) is 0 Å². The van der Waals surface area contributed by atoms with Crippen LogP contribution in [-0.2, 0) is 0 Å². The van der Waals surface area contributed by atoms with Gasteiger partial charge in [0.1, 0.15) is 0 Å². The van der Waals surface area contributed by atoms with Crippen molar-refractivity contribution < 1.29 is 0 Å². The standard InChI is InChI=1S/C8H4N2SSe/c1-2-6-8(12-4-10-6)7-5(1)9-3-11-7/h1-4H. The molecule has 0 amide bonds. The molecule has 0 unspecified atom stereocenters. The van der Waals surface area contributed by atoms with Gasteiger partial charge in [0.05, 0.1) is 0 Å². The minimum atomic E-state index is 0.432. The van der Waals surface area contributed by atoms with Gasteiger partial charge in [0.25, 0.3) is 0 Å². The Kier molecular flexibility index (Phi) is 1.35. The van der Waals surface area contributed by atoms with Crippen LogP contribution in [0.4, 0.5) is 0 Å². The first-order valence-corrected chi connectivity index (χ1v) is 6.23. The van der Waals surface area contributed by atoms with Crippen molar-refractivity contribution in [2.24, 2.45) is 0 Å². The summed E-state index contributed by atoms with van der Waals surface area (Å²) in [5.74, 6) is 0. The first-order chi connectivity index (χ1) is 5.95. The SMILES string of the molecule is c1nc2ccc3nc[se]c3c2s1. The number of aromatic nitrogens is 2. The number of benzene rings is 1. The molecule has 1 aromatic carbocycles. The second-order valence-corrected chi connectivity index (χ2v) is 5.11. The Morgan fingerprint density at radius 3 is 3.08 bits per heavy atom. The van der Waals surface area contributed by atoms with Crippen LogP contribution in [0.1, 0.15) is 0 Å². The molecule has 0 N–H and O–H groups in total. The van der Waals surface area contributed by atoms with Crippen molar-refractivity contribution in [1.29, 1.82) is 0 Å². The van der Waals surface area contributed by atoms with E-state index in [1.165, 1.54) is 8.96 Å². The van der Waals surface area contributed by atoms with Gasteiger partial charge >= 0.3 is 78.5 Å². The summed E-state index contributed by atoms with van der Waals surface area (Å²) in [4.78, 5) is 8.58. The van der Waals surface area contributed by atoms with E-state index < -0.39 is 0 Å². The molecular weight excluding hydrogens is 235 g/mol. The summed E-state index contributed by atoms with van der Waals surface area (Å²) in [6.07, 6.45) is 0. The van der Waals surface area contributed by atoms with Crippen molar-refractivity contribution in [1.82, 2.24) is 9.97 Å². The van der Waals surface area contributed by atoms with E-state index >= 15 is 0 Å². The Balaban J connectivity index is 2.71. The van der Waals surface area contributed by atoms with Crippen molar-refractivity contribution in [3.8, 4) is 0 Å². The minimum absolute atomic E-state index is 0.432. The Morgan fingerprint density at radius 2 is 2.08 bits per heavy atom. The van der Waals surface area contributed by atoms with E-state index in [0.717, 1.165) is 11.0 Å². The molecule has 2 nitrogen and oxygen atoms in total. The van der Waals surface area contributed by atoms with Gasteiger partial charge < -0.3 is 0 Å². The zero-order chi connectivity index (χ0) is 7.97. The van der Waals surface area contributed by atoms with E-state index in [0.29, 0.717) is 14.5 Å². The van der Waals surface area contributed by atoms with Gasteiger partial charge in [-0.3, -0.25) is 0 Å². The number of rotatable bonds is 0. The Hall–Kier alpha value is -0.701. The zero-order valence-electron chi connectivity index (χ0n) is 6.02. The Morgan fingerprint density at radius 1 is 1.17 bits per heavy atom. The summed E-state index contributed by atoms with van der Waals surface area (Å²) < 4.78 is 2.73. The van der Waals surface area contributed by atoms with Crippen LogP contribution in [0.2, 0.25) is 0 Å². The van der Waals surface area contributed by atoms with Gasteiger partial charge in [-0.1, -0.05) is 0 Å². The Labute approximate surface area is 78.6 Å². The van der Waals surface area contributed by atoms with Crippen molar-refractivity contribution in [3.63, 3.8) is 0 Å². The zero-order valence-corrected chi connectivity index (χ0v) is 8.55. The van der Waals surface area contributed by atoms with Crippen LogP contribution in [0.3, 0.4) is 0 Å². The molecule has 0 spiro atoms. The van der Waals surface area contributed by atoms with Crippen LogP contribution in [0.15, 0.2) is 22.7 Å². The van der Waals surface area contributed by atoms with Gasteiger partial charge in [-0.15, -0.1) is 0 Å². The molecule has 0 fully saturated rings. The second kappa shape index (κ2) is 2.39. The van der Waals surface area contributed by atoms with E-state index in [9.17, 15) is 0 Å². The fraction of sp³-hybridized carbons (Fsp3) is 0. The maximum absolute atomic E-state index is 4.31. The molecule has 0 bridgehead atoms.